The molecule has 0 aliphatic carbocycles. The number of fused-ring (bicyclic) bond motifs is 1. The van der Waals surface area contributed by atoms with Gasteiger partial charge in [0.05, 0.1) is 11.4 Å². The van der Waals surface area contributed by atoms with Crippen LogP contribution >= 0.6 is 0 Å². The van der Waals surface area contributed by atoms with Crippen LogP contribution in [0.25, 0.3) is 28.2 Å². The zero-order valence-corrected chi connectivity index (χ0v) is 18.5. The molecule has 5 nitrogen and oxygen atoms in total. The Kier molecular flexibility index (Phi) is 5.25. The SMILES string of the molecule is Cc1ccc(C(O)c2ccn3cc(-c4ccc(-c5cc(C(F)(F)F)n(C)n5)cc4)nc3c2)cc1. The van der Waals surface area contributed by atoms with Crippen LogP contribution in [-0.4, -0.2) is 24.3 Å². The number of aliphatic hydroxyl groups excluding tert-OH is 1. The van der Waals surface area contributed by atoms with Crippen LogP contribution in [0.3, 0.4) is 0 Å². The van der Waals surface area contributed by atoms with E-state index >= 15 is 0 Å². The third kappa shape index (κ3) is 4.08. The van der Waals surface area contributed by atoms with E-state index in [1.807, 2.05) is 60.1 Å². The highest BCUT2D eigenvalue weighted by atomic mass is 19.4. The summed E-state index contributed by atoms with van der Waals surface area (Å²) in [5, 5.41) is 14.8. The van der Waals surface area contributed by atoms with Gasteiger partial charge < -0.3 is 9.51 Å². The zero-order chi connectivity index (χ0) is 24.0. The number of nitrogens with zero attached hydrogens (tertiary/aromatic N) is 4. The van der Waals surface area contributed by atoms with Crippen LogP contribution in [0.1, 0.15) is 28.5 Å². The minimum absolute atomic E-state index is 0.256. The highest BCUT2D eigenvalue weighted by molar-refractivity contribution is 5.68. The molecule has 0 spiro atoms. The average Bonchev–Trinajstić information content (AvgIpc) is 3.42. The first kappa shape index (κ1) is 21.9. The molecule has 5 aromatic rings. The summed E-state index contributed by atoms with van der Waals surface area (Å²) < 4.78 is 41.9. The van der Waals surface area contributed by atoms with Crippen molar-refractivity contribution in [1.29, 1.82) is 0 Å². The van der Waals surface area contributed by atoms with Crippen molar-refractivity contribution in [3.05, 3.63) is 102 Å². The van der Waals surface area contributed by atoms with Gasteiger partial charge in [0, 0.05) is 30.6 Å². The van der Waals surface area contributed by atoms with Gasteiger partial charge in [-0.05, 0) is 36.2 Å². The fourth-order valence-electron chi connectivity index (χ4n) is 3.93. The van der Waals surface area contributed by atoms with Crippen LogP contribution in [0.15, 0.2) is 79.1 Å². The van der Waals surface area contributed by atoms with Gasteiger partial charge in [-0.15, -0.1) is 0 Å². The molecule has 1 N–H and O–H groups in total. The highest BCUT2D eigenvalue weighted by Gasteiger charge is 2.35. The molecule has 172 valence electrons. The number of aliphatic hydroxyl groups is 1. The van der Waals surface area contributed by atoms with Crippen molar-refractivity contribution < 1.29 is 18.3 Å². The first-order valence-corrected chi connectivity index (χ1v) is 10.6. The van der Waals surface area contributed by atoms with E-state index in [1.54, 1.807) is 24.3 Å². The van der Waals surface area contributed by atoms with E-state index in [2.05, 4.69) is 10.1 Å². The summed E-state index contributed by atoms with van der Waals surface area (Å²) in [5.41, 5.74) is 4.93. The predicted octanol–water partition coefficient (Wildman–Crippen LogP) is 5.81. The number of imidazole rings is 1. The Morgan fingerprint density at radius 1 is 0.853 bits per heavy atom. The van der Waals surface area contributed by atoms with Crippen molar-refractivity contribution >= 4 is 5.65 Å². The monoisotopic (exact) mass is 462 g/mol. The molecule has 0 aliphatic heterocycles. The van der Waals surface area contributed by atoms with Crippen molar-refractivity contribution in [1.82, 2.24) is 19.2 Å². The molecule has 1 unspecified atom stereocenters. The van der Waals surface area contributed by atoms with E-state index in [9.17, 15) is 18.3 Å². The molecular weight excluding hydrogens is 441 g/mol. The summed E-state index contributed by atoms with van der Waals surface area (Å²) in [7, 11) is 1.28. The maximum atomic E-state index is 13.1. The normalized spacial score (nSPS) is 12.9. The van der Waals surface area contributed by atoms with Crippen molar-refractivity contribution in [2.75, 3.05) is 0 Å². The summed E-state index contributed by atoms with van der Waals surface area (Å²) in [5.74, 6) is 0. The predicted molar refractivity (Wildman–Crippen MR) is 123 cm³/mol. The molecule has 0 aliphatic rings. The van der Waals surface area contributed by atoms with Crippen LogP contribution in [0.2, 0.25) is 0 Å². The molecule has 5 rings (SSSR count). The quantitative estimate of drug-likeness (QED) is 0.367. The number of alkyl halides is 3. The van der Waals surface area contributed by atoms with E-state index in [4.69, 9.17) is 0 Å². The topological polar surface area (TPSA) is 55.4 Å². The van der Waals surface area contributed by atoms with Crippen molar-refractivity contribution in [3.8, 4) is 22.5 Å². The largest absolute Gasteiger partial charge is 0.433 e. The standard InChI is InChI=1S/C26H21F3N4O/c1-16-3-5-19(6-4-16)25(34)20-11-12-33-15-22(30-24(33)13-20)18-9-7-17(8-10-18)21-14-23(26(27,28)29)32(2)31-21/h3-15,25,34H,1-2H3. The van der Waals surface area contributed by atoms with Gasteiger partial charge in [-0.1, -0.05) is 54.1 Å². The minimum atomic E-state index is -4.46. The van der Waals surface area contributed by atoms with Gasteiger partial charge in [0.25, 0.3) is 0 Å². The van der Waals surface area contributed by atoms with Crippen molar-refractivity contribution in [3.63, 3.8) is 0 Å². The fraction of sp³-hybridized carbons (Fsp3) is 0.154. The highest BCUT2D eigenvalue weighted by Crippen LogP contribution is 2.32. The molecule has 34 heavy (non-hydrogen) atoms. The zero-order valence-electron chi connectivity index (χ0n) is 18.5. The first-order valence-electron chi connectivity index (χ1n) is 10.6. The third-order valence-corrected chi connectivity index (χ3v) is 5.84. The van der Waals surface area contributed by atoms with E-state index < -0.39 is 18.0 Å². The summed E-state index contributed by atoms with van der Waals surface area (Å²) >= 11 is 0. The van der Waals surface area contributed by atoms with Gasteiger partial charge in [0.15, 0.2) is 0 Å². The van der Waals surface area contributed by atoms with E-state index in [-0.39, 0.29) is 5.69 Å². The lowest BCUT2D eigenvalue weighted by molar-refractivity contribution is -0.143. The number of aromatic nitrogens is 4. The number of hydrogen-bond donors (Lipinski definition) is 1. The van der Waals surface area contributed by atoms with Gasteiger partial charge >= 0.3 is 6.18 Å². The second-order valence-corrected chi connectivity index (χ2v) is 8.28. The van der Waals surface area contributed by atoms with Crippen LogP contribution in [0, 0.1) is 6.92 Å². The van der Waals surface area contributed by atoms with Crippen LogP contribution in [0.4, 0.5) is 13.2 Å². The van der Waals surface area contributed by atoms with Crippen LogP contribution in [0.5, 0.6) is 0 Å². The Morgan fingerprint density at radius 2 is 1.50 bits per heavy atom. The molecule has 2 aromatic carbocycles. The molecule has 1 atom stereocenters. The smallest absolute Gasteiger partial charge is 0.384 e. The Hall–Kier alpha value is -3.91. The van der Waals surface area contributed by atoms with Crippen LogP contribution < -0.4 is 0 Å². The molecule has 0 amide bonds. The molecule has 0 saturated heterocycles. The summed E-state index contributed by atoms with van der Waals surface area (Å²) in [6.07, 6.45) is -1.50. The van der Waals surface area contributed by atoms with E-state index in [0.717, 1.165) is 33.0 Å². The van der Waals surface area contributed by atoms with Crippen molar-refractivity contribution in [2.24, 2.45) is 7.05 Å². The molecule has 3 heterocycles. The van der Waals surface area contributed by atoms with E-state index in [0.29, 0.717) is 16.9 Å². The number of benzene rings is 2. The van der Waals surface area contributed by atoms with Crippen molar-refractivity contribution in [2.45, 2.75) is 19.2 Å². The maximum Gasteiger partial charge on any atom is 0.433 e. The number of halogens is 3. The molecular formula is C26H21F3N4O. The van der Waals surface area contributed by atoms with Gasteiger partial charge in [-0.2, -0.15) is 18.3 Å². The Labute approximate surface area is 193 Å². The lowest BCUT2D eigenvalue weighted by Crippen LogP contribution is -2.11. The Bertz CT molecular complexity index is 1470. The van der Waals surface area contributed by atoms with Gasteiger partial charge in [-0.3, -0.25) is 4.68 Å². The molecule has 3 aromatic heterocycles. The number of rotatable bonds is 4. The summed E-state index contributed by atoms with van der Waals surface area (Å²) in [6, 6.07) is 19.5. The van der Waals surface area contributed by atoms with Gasteiger partial charge in [0.1, 0.15) is 17.4 Å². The molecule has 8 heteroatoms. The molecule has 0 fully saturated rings. The summed E-state index contributed by atoms with van der Waals surface area (Å²) in [4.78, 5) is 4.67. The second kappa shape index (κ2) is 8.14. The maximum absolute atomic E-state index is 13.1. The van der Waals surface area contributed by atoms with Gasteiger partial charge in [-0.25, -0.2) is 4.98 Å². The number of pyridine rings is 1. The van der Waals surface area contributed by atoms with E-state index in [1.165, 1.54) is 7.05 Å². The van der Waals surface area contributed by atoms with Crippen LogP contribution in [-0.2, 0) is 13.2 Å². The molecule has 0 radical (unpaired) electrons. The molecule has 0 saturated carbocycles. The fourth-order valence-corrected chi connectivity index (χ4v) is 3.93. The summed E-state index contributed by atoms with van der Waals surface area (Å²) in [6.45, 7) is 2.00. The number of aryl methyl sites for hydroxylation is 2. The average molecular weight is 462 g/mol. The molecule has 0 bridgehead atoms. The first-order chi connectivity index (χ1) is 16.2. The minimum Gasteiger partial charge on any atom is -0.384 e. The number of hydrogen-bond acceptors (Lipinski definition) is 3. The second-order valence-electron chi connectivity index (χ2n) is 8.28. The Morgan fingerprint density at radius 3 is 2.12 bits per heavy atom. The lowest BCUT2D eigenvalue weighted by Gasteiger charge is -2.12. The third-order valence-electron chi connectivity index (χ3n) is 5.84. The Balaban J connectivity index is 1.42. The van der Waals surface area contributed by atoms with Gasteiger partial charge in [0.2, 0.25) is 0 Å². The lowest BCUT2D eigenvalue weighted by atomic mass is 10.0.